The van der Waals surface area contributed by atoms with Gasteiger partial charge in [0.2, 0.25) is 16.9 Å². The Balaban J connectivity index is 1.45. The molecule has 146 valence electrons. The van der Waals surface area contributed by atoms with Gasteiger partial charge in [0.25, 0.3) is 0 Å². The summed E-state index contributed by atoms with van der Waals surface area (Å²) in [6.45, 7) is 3.79. The first kappa shape index (κ1) is 18.9. The van der Waals surface area contributed by atoms with Crippen molar-refractivity contribution in [2.45, 2.75) is 24.8 Å². The van der Waals surface area contributed by atoms with E-state index in [9.17, 15) is 9.59 Å². The number of furan rings is 1. The summed E-state index contributed by atoms with van der Waals surface area (Å²) in [5, 5.41) is 1.37. The molecule has 0 aliphatic rings. The Labute approximate surface area is 169 Å². The minimum atomic E-state index is -0.765. The highest BCUT2D eigenvalue weighted by atomic mass is 32.2. The van der Waals surface area contributed by atoms with E-state index in [1.54, 1.807) is 18.2 Å². The summed E-state index contributed by atoms with van der Waals surface area (Å²) in [6.07, 6.45) is 1.13. The molecule has 7 nitrogen and oxygen atoms in total. The lowest BCUT2D eigenvalue weighted by Crippen LogP contribution is -2.14. The second-order valence-corrected chi connectivity index (χ2v) is 7.28. The fraction of sp³-hybridized carbons (Fsp3) is 0.143. The van der Waals surface area contributed by atoms with Gasteiger partial charge in [0.05, 0.1) is 5.75 Å². The normalized spacial score (nSPS) is 11.0. The molecule has 0 N–H and O–H groups in total. The molecular formula is C21H16N2O5S. The summed E-state index contributed by atoms with van der Waals surface area (Å²) in [5.41, 5.74) is 1.84. The second kappa shape index (κ2) is 7.92. The highest BCUT2D eigenvalue weighted by Gasteiger charge is 2.17. The van der Waals surface area contributed by atoms with Crippen molar-refractivity contribution >= 4 is 28.7 Å². The average molecular weight is 408 g/mol. The molecule has 29 heavy (non-hydrogen) atoms. The number of esters is 1. The van der Waals surface area contributed by atoms with Crippen LogP contribution < -0.4 is 10.2 Å². The van der Waals surface area contributed by atoms with Gasteiger partial charge >= 0.3 is 5.97 Å². The summed E-state index contributed by atoms with van der Waals surface area (Å²) in [7, 11) is 0. The molecule has 4 aromatic rings. The standard InChI is InChI=1S/C21H16N2O5S/c1-12-7-13(2)23-21(22-12)29-11-15-9-16(24)19(10-26-15)28-20(25)18-8-14-5-3-4-6-17(14)27-18/h3-10H,11H2,1-2H3. The zero-order chi connectivity index (χ0) is 20.4. The van der Waals surface area contributed by atoms with Crippen LogP contribution in [0.1, 0.15) is 27.7 Å². The third-order valence-electron chi connectivity index (χ3n) is 3.99. The zero-order valence-corrected chi connectivity index (χ0v) is 16.5. The van der Waals surface area contributed by atoms with Gasteiger partial charge in [0, 0.05) is 22.8 Å². The monoisotopic (exact) mass is 408 g/mol. The highest BCUT2D eigenvalue weighted by molar-refractivity contribution is 7.98. The minimum absolute atomic E-state index is 0.0113. The van der Waals surface area contributed by atoms with Gasteiger partial charge < -0.3 is 13.6 Å². The topological polar surface area (TPSA) is 95.4 Å². The maximum atomic E-state index is 12.3. The quantitative estimate of drug-likeness (QED) is 0.274. The number of thioether (sulfide) groups is 1. The summed E-state index contributed by atoms with van der Waals surface area (Å²) < 4.78 is 16.0. The van der Waals surface area contributed by atoms with E-state index < -0.39 is 11.4 Å². The van der Waals surface area contributed by atoms with Crippen molar-refractivity contribution in [1.29, 1.82) is 0 Å². The highest BCUT2D eigenvalue weighted by Crippen LogP contribution is 2.22. The first-order valence-corrected chi connectivity index (χ1v) is 9.74. The lowest BCUT2D eigenvalue weighted by molar-refractivity contribution is 0.0698. The van der Waals surface area contributed by atoms with Crippen LogP contribution >= 0.6 is 11.8 Å². The summed E-state index contributed by atoms with van der Waals surface area (Å²) >= 11 is 1.35. The average Bonchev–Trinajstić information content (AvgIpc) is 3.12. The maximum absolute atomic E-state index is 12.3. The van der Waals surface area contributed by atoms with Crippen LogP contribution in [0.25, 0.3) is 11.0 Å². The second-order valence-electron chi connectivity index (χ2n) is 6.33. The van der Waals surface area contributed by atoms with Crippen LogP contribution in [0.2, 0.25) is 0 Å². The van der Waals surface area contributed by atoms with Crippen LogP contribution in [0.4, 0.5) is 0 Å². The number of aryl methyl sites for hydroxylation is 2. The van der Waals surface area contributed by atoms with Crippen molar-refractivity contribution in [1.82, 2.24) is 9.97 Å². The SMILES string of the molecule is Cc1cc(C)nc(SCc2cc(=O)c(OC(=O)c3cc4ccccc4o3)co2)n1. The number of carbonyl (C=O) groups excluding carboxylic acids is 1. The molecule has 0 saturated heterocycles. The van der Waals surface area contributed by atoms with E-state index >= 15 is 0 Å². The van der Waals surface area contributed by atoms with E-state index in [0.717, 1.165) is 23.0 Å². The molecule has 0 fully saturated rings. The van der Waals surface area contributed by atoms with Gasteiger partial charge in [0.1, 0.15) is 17.6 Å². The van der Waals surface area contributed by atoms with Crippen LogP contribution in [0.3, 0.4) is 0 Å². The summed E-state index contributed by atoms with van der Waals surface area (Å²) in [4.78, 5) is 33.2. The Hall–Kier alpha value is -3.39. The molecule has 8 heteroatoms. The van der Waals surface area contributed by atoms with Crippen LogP contribution in [-0.4, -0.2) is 15.9 Å². The minimum Gasteiger partial charge on any atom is -0.464 e. The fourth-order valence-corrected chi connectivity index (χ4v) is 3.55. The van der Waals surface area contributed by atoms with Crippen molar-refractivity contribution in [2.75, 3.05) is 0 Å². The molecule has 1 aromatic carbocycles. The van der Waals surface area contributed by atoms with Gasteiger partial charge in [0.15, 0.2) is 5.16 Å². The molecule has 0 saturated carbocycles. The molecular weight excluding hydrogens is 392 g/mol. The van der Waals surface area contributed by atoms with Gasteiger partial charge in [-0.25, -0.2) is 14.8 Å². The lowest BCUT2D eigenvalue weighted by Gasteiger charge is -2.04. The third-order valence-corrected chi connectivity index (χ3v) is 4.86. The largest absolute Gasteiger partial charge is 0.464 e. The Morgan fingerprint density at radius 2 is 1.86 bits per heavy atom. The summed E-state index contributed by atoms with van der Waals surface area (Å²) in [5.74, 6) is -0.162. The fourth-order valence-electron chi connectivity index (χ4n) is 2.72. The number of benzene rings is 1. The van der Waals surface area contributed by atoms with Crippen molar-refractivity contribution in [3.8, 4) is 5.75 Å². The van der Waals surface area contributed by atoms with E-state index in [0.29, 0.717) is 22.3 Å². The lowest BCUT2D eigenvalue weighted by atomic mass is 10.2. The van der Waals surface area contributed by atoms with Gasteiger partial charge in [-0.05, 0) is 32.0 Å². The number of rotatable bonds is 5. The van der Waals surface area contributed by atoms with Crippen LogP contribution in [0.5, 0.6) is 5.75 Å². The number of ether oxygens (including phenoxy) is 1. The maximum Gasteiger partial charge on any atom is 0.379 e. The van der Waals surface area contributed by atoms with E-state index in [1.807, 2.05) is 32.0 Å². The molecule has 3 aromatic heterocycles. The van der Waals surface area contributed by atoms with Crippen molar-refractivity contribution in [3.63, 3.8) is 0 Å². The molecule has 0 spiro atoms. The molecule has 4 rings (SSSR count). The first-order chi connectivity index (χ1) is 14.0. The van der Waals surface area contributed by atoms with E-state index in [2.05, 4.69) is 9.97 Å². The number of hydrogen-bond acceptors (Lipinski definition) is 8. The van der Waals surface area contributed by atoms with E-state index in [1.165, 1.54) is 17.8 Å². The molecule has 0 unspecified atom stereocenters. The molecule has 0 bridgehead atoms. The first-order valence-electron chi connectivity index (χ1n) is 8.75. The van der Waals surface area contributed by atoms with E-state index in [-0.39, 0.29) is 11.5 Å². The summed E-state index contributed by atoms with van der Waals surface area (Å²) in [6, 6.07) is 11.9. The number of carbonyl (C=O) groups is 1. The van der Waals surface area contributed by atoms with Crippen LogP contribution in [0.15, 0.2) is 67.5 Å². The number of nitrogens with zero attached hydrogens (tertiary/aromatic N) is 2. The third kappa shape index (κ3) is 4.38. The Kier molecular flexibility index (Phi) is 5.18. The van der Waals surface area contributed by atoms with Gasteiger partial charge in [-0.2, -0.15) is 0 Å². The van der Waals surface area contributed by atoms with Gasteiger partial charge in [-0.1, -0.05) is 30.0 Å². The van der Waals surface area contributed by atoms with Crippen LogP contribution in [-0.2, 0) is 5.75 Å². The number of hydrogen-bond donors (Lipinski definition) is 0. The molecule has 0 aliphatic heterocycles. The zero-order valence-electron chi connectivity index (χ0n) is 15.7. The van der Waals surface area contributed by atoms with Crippen molar-refractivity contribution in [2.24, 2.45) is 0 Å². The van der Waals surface area contributed by atoms with Crippen molar-refractivity contribution in [3.05, 3.63) is 81.9 Å². The predicted octanol–water partition coefficient (Wildman–Crippen LogP) is 4.30. The van der Waals surface area contributed by atoms with E-state index in [4.69, 9.17) is 13.6 Å². The van der Waals surface area contributed by atoms with Gasteiger partial charge in [-0.15, -0.1) is 0 Å². The molecule has 0 radical (unpaired) electrons. The molecule has 0 atom stereocenters. The molecule has 0 amide bonds. The molecule has 0 aliphatic carbocycles. The van der Waals surface area contributed by atoms with Crippen LogP contribution in [0, 0.1) is 13.8 Å². The Morgan fingerprint density at radius 3 is 2.59 bits per heavy atom. The Bertz CT molecular complexity index is 1210. The van der Waals surface area contributed by atoms with Crippen molar-refractivity contribution < 1.29 is 18.4 Å². The number of fused-ring (bicyclic) bond motifs is 1. The predicted molar refractivity (Wildman–Crippen MR) is 107 cm³/mol. The van der Waals surface area contributed by atoms with Gasteiger partial charge in [-0.3, -0.25) is 4.79 Å². The number of aromatic nitrogens is 2. The molecule has 3 heterocycles. The number of para-hydroxylation sites is 1. The smallest absolute Gasteiger partial charge is 0.379 e. The Morgan fingerprint density at radius 1 is 1.10 bits per heavy atom.